The zero-order valence-electron chi connectivity index (χ0n) is 36.7. The van der Waals surface area contributed by atoms with Crippen LogP contribution >= 0.6 is 11.8 Å². The highest BCUT2D eigenvalue weighted by Gasteiger charge is 2.26. The van der Waals surface area contributed by atoms with Crippen LogP contribution in [-0.4, -0.2) is 41.2 Å². The van der Waals surface area contributed by atoms with E-state index in [2.05, 4.69) is 136 Å². The maximum Gasteiger partial charge on any atom is 0.213 e. The second kappa shape index (κ2) is 19.4. The van der Waals surface area contributed by atoms with Gasteiger partial charge < -0.3 is 15.5 Å². The average Bonchev–Trinajstić information content (AvgIpc) is 3.69. The summed E-state index contributed by atoms with van der Waals surface area (Å²) in [6.07, 6.45) is 17.1. The first kappa shape index (κ1) is 41.9. The van der Waals surface area contributed by atoms with Gasteiger partial charge in [0.1, 0.15) is 11.6 Å². The Balaban J connectivity index is 0.758. The Labute approximate surface area is 380 Å². The normalized spacial score (nSPS) is 15.1. The van der Waals surface area contributed by atoms with Crippen LogP contribution in [0.2, 0.25) is 0 Å². The van der Waals surface area contributed by atoms with Crippen molar-refractivity contribution in [2.24, 2.45) is 0 Å². The fourth-order valence-electron chi connectivity index (χ4n) is 10.0. The number of para-hydroxylation sites is 4. The van der Waals surface area contributed by atoms with Crippen molar-refractivity contribution >= 4 is 79.2 Å². The lowest BCUT2D eigenvalue weighted by Crippen LogP contribution is -2.35. The van der Waals surface area contributed by atoms with Crippen LogP contribution in [0.3, 0.4) is 0 Å². The number of benzene rings is 4. The molecule has 2 aliphatic carbocycles. The Hall–Kier alpha value is -6.06. The molecule has 9 heteroatoms. The van der Waals surface area contributed by atoms with Gasteiger partial charge in [-0.2, -0.15) is 4.57 Å². The summed E-state index contributed by atoms with van der Waals surface area (Å²) in [7, 11) is 0. The predicted molar refractivity (Wildman–Crippen MR) is 263 cm³/mol. The number of carbonyl (C=O) groups is 2. The van der Waals surface area contributed by atoms with Crippen molar-refractivity contribution in [3.05, 3.63) is 142 Å². The number of nitrogens with zero attached hydrogens (tertiary/aromatic N) is 4. The van der Waals surface area contributed by atoms with Gasteiger partial charge in [0.25, 0.3) is 0 Å². The summed E-state index contributed by atoms with van der Waals surface area (Å²) < 4.78 is 2.22. The van der Waals surface area contributed by atoms with E-state index in [0.717, 1.165) is 89.8 Å². The number of aromatic nitrogens is 3. The summed E-state index contributed by atoms with van der Waals surface area (Å²) in [6, 6.07) is 36.0. The second-order valence-electron chi connectivity index (χ2n) is 17.6. The van der Waals surface area contributed by atoms with Gasteiger partial charge in [-0.3, -0.25) is 19.6 Å². The molecular formula is C55H57N6O2S+. The highest BCUT2D eigenvalue weighted by molar-refractivity contribution is 8.03. The number of hydrogen-bond acceptors (Lipinski definition) is 8. The maximum absolute atomic E-state index is 13.5. The fraction of sp³-hybridized carbons (Fsp3) is 0.327. The Morgan fingerprint density at radius 2 is 1.19 bits per heavy atom. The van der Waals surface area contributed by atoms with E-state index in [1.54, 1.807) is 11.8 Å². The molecule has 4 heterocycles. The topological polar surface area (TPSA) is 91.1 Å². The lowest BCUT2D eigenvalue weighted by molar-refractivity contribution is -0.670. The van der Waals surface area contributed by atoms with Crippen molar-refractivity contribution in [2.75, 3.05) is 35.2 Å². The number of fused-ring (bicyclic) bond motifs is 6. The number of ketones is 2. The molecule has 0 saturated carbocycles. The first-order valence-electron chi connectivity index (χ1n) is 23.6. The van der Waals surface area contributed by atoms with E-state index in [4.69, 9.17) is 9.97 Å². The highest BCUT2D eigenvalue weighted by Crippen LogP contribution is 2.47. The highest BCUT2D eigenvalue weighted by atomic mass is 32.2. The molecule has 0 saturated heterocycles. The van der Waals surface area contributed by atoms with Gasteiger partial charge in [-0.25, -0.2) is 0 Å². The Bertz CT molecular complexity index is 2910. The van der Waals surface area contributed by atoms with E-state index in [0.29, 0.717) is 38.8 Å². The number of anilines is 3. The number of nitrogens with one attached hydrogen (secondary N) is 2. The van der Waals surface area contributed by atoms with Crippen LogP contribution in [-0.2, 0) is 41.8 Å². The van der Waals surface area contributed by atoms with E-state index in [9.17, 15) is 9.59 Å². The van der Waals surface area contributed by atoms with Gasteiger partial charge in [0, 0.05) is 89.5 Å². The van der Waals surface area contributed by atoms with Crippen LogP contribution in [0, 0.1) is 0 Å². The second-order valence-corrected chi connectivity index (χ2v) is 18.7. The molecule has 7 aromatic rings. The minimum atomic E-state index is 0.286. The summed E-state index contributed by atoms with van der Waals surface area (Å²) in [4.78, 5) is 40.2. The van der Waals surface area contributed by atoms with Crippen LogP contribution in [0.1, 0.15) is 92.3 Å². The van der Waals surface area contributed by atoms with Crippen molar-refractivity contribution in [3.8, 4) is 0 Å². The first-order valence-corrected chi connectivity index (χ1v) is 24.4. The zero-order valence-corrected chi connectivity index (χ0v) is 37.5. The molecular weight excluding hydrogens is 809 g/mol. The third-order valence-corrected chi connectivity index (χ3v) is 14.4. The predicted octanol–water partition coefficient (Wildman–Crippen LogP) is 11.6. The lowest BCUT2D eigenvalue weighted by Gasteiger charge is -2.22. The third-order valence-electron chi connectivity index (χ3n) is 13.3. The van der Waals surface area contributed by atoms with E-state index in [1.165, 1.54) is 75.2 Å². The minimum absolute atomic E-state index is 0.286. The van der Waals surface area contributed by atoms with Gasteiger partial charge in [0.05, 0.1) is 33.6 Å². The number of hydrogen-bond donors (Lipinski definition) is 2. The van der Waals surface area contributed by atoms with Gasteiger partial charge in [-0.15, -0.1) is 0 Å². The monoisotopic (exact) mass is 865 g/mol. The molecule has 10 rings (SSSR count). The molecule has 4 aromatic carbocycles. The van der Waals surface area contributed by atoms with E-state index in [-0.39, 0.29) is 11.6 Å². The van der Waals surface area contributed by atoms with Gasteiger partial charge in [-0.1, -0.05) is 72.4 Å². The number of rotatable bonds is 17. The molecule has 0 radical (unpaired) electrons. The summed E-state index contributed by atoms with van der Waals surface area (Å²) in [5.41, 5.74) is 13.1. The Morgan fingerprint density at radius 3 is 1.86 bits per heavy atom. The summed E-state index contributed by atoms with van der Waals surface area (Å²) in [5.74, 6) is 0.573. The van der Waals surface area contributed by atoms with Crippen LogP contribution in [0.4, 0.5) is 17.1 Å². The van der Waals surface area contributed by atoms with E-state index < -0.39 is 0 Å². The number of pyridine rings is 3. The minimum Gasteiger partial charge on any atom is -0.384 e. The maximum atomic E-state index is 13.5. The SMILES string of the molecule is O=C(CCCNc1c2c(nc3ccccc13)CCCC2)CCN1C(=Cc2cc[n+](CCC(=O)CCCNc3c4c(nc5ccccc35)CCCC4)c3ccccc23)Sc2ccccc21. The molecule has 8 nitrogen and oxygen atoms in total. The number of Topliss-reactive ketones (excluding diaryl/α,β-unsaturated/α-hetero) is 2. The molecule has 0 unspecified atom stereocenters. The van der Waals surface area contributed by atoms with Gasteiger partial charge >= 0.3 is 0 Å². The third kappa shape index (κ3) is 9.00. The first-order chi connectivity index (χ1) is 31.6. The molecule has 0 fully saturated rings. The van der Waals surface area contributed by atoms with Gasteiger partial charge in [0.15, 0.2) is 12.7 Å². The van der Waals surface area contributed by atoms with Crippen molar-refractivity contribution in [3.63, 3.8) is 0 Å². The smallest absolute Gasteiger partial charge is 0.213 e. The largest absolute Gasteiger partial charge is 0.384 e. The Morgan fingerprint density at radius 1 is 0.625 bits per heavy atom. The summed E-state index contributed by atoms with van der Waals surface area (Å²) in [6.45, 7) is 2.80. The van der Waals surface area contributed by atoms with Crippen molar-refractivity contribution < 1.29 is 14.2 Å². The molecule has 3 aromatic heterocycles. The van der Waals surface area contributed by atoms with E-state index >= 15 is 0 Å². The van der Waals surface area contributed by atoms with Crippen LogP contribution in [0.15, 0.2) is 119 Å². The Kier molecular flexibility index (Phi) is 12.7. The molecule has 0 bridgehead atoms. The van der Waals surface area contributed by atoms with E-state index in [1.807, 2.05) is 0 Å². The average molecular weight is 866 g/mol. The lowest BCUT2D eigenvalue weighted by atomic mass is 9.92. The van der Waals surface area contributed by atoms with Crippen molar-refractivity contribution in [1.29, 1.82) is 0 Å². The summed E-state index contributed by atoms with van der Waals surface area (Å²) >= 11 is 1.76. The number of aryl methyl sites for hydroxylation is 3. The molecule has 2 N–H and O–H groups in total. The molecule has 1 aliphatic heterocycles. The molecule has 0 atom stereocenters. The van der Waals surface area contributed by atoms with Gasteiger partial charge in [-0.05, 0) is 117 Å². The number of carbonyl (C=O) groups excluding carboxylic acids is 2. The standard InChI is InChI=1S/C55H57N6O2S/c62-39(15-13-32-56-54-42-18-1-6-22-46(42)58-47-23-7-2-19-43(47)54)30-35-60-34-29-38(41-17-5-10-26-50(41)60)37-53-61(51-27-11-12-28-52(51)64-53)36-31-40(63)16-14-33-57-55-44-20-3-8-24-48(44)59-49-25-9-4-21-45(49)55/h1,3,5-6,8,10-12,17-18,20,22,24,26-29,34,37H,2,4,7,9,13-16,19,21,23,25,30-33,35-36H2,(H,56,58)(H,57,59)/q+1. The van der Waals surface area contributed by atoms with Crippen LogP contribution < -0.4 is 20.1 Å². The van der Waals surface area contributed by atoms with Crippen molar-refractivity contribution in [2.45, 2.75) is 101 Å². The molecule has 324 valence electrons. The van der Waals surface area contributed by atoms with Crippen molar-refractivity contribution in [1.82, 2.24) is 9.97 Å². The quantitative estimate of drug-likeness (QED) is 0.0691. The molecule has 64 heavy (non-hydrogen) atoms. The fourth-order valence-corrected chi connectivity index (χ4v) is 11.2. The molecule has 0 amide bonds. The van der Waals surface area contributed by atoms with Crippen LogP contribution in [0.25, 0.3) is 38.8 Å². The van der Waals surface area contributed by atoms with Gasteiger partial charge in [0.2, 0.25) is 5.52 Å². The number of thioether (sulfide) groups is 1. The summed E-state index contributed by atoms with van der Waals surface area (Å²) in [5, 5.41) is 12.1. The molecule has 0 spiro atoms. The zero-order chi connectivity index (χ0) is 43.2. The molecule has 3 aliphatic rings. The van der Waals surface area contributed by atoms with Crippen LogP contribution in [0.5, 0.6) is 0 Å².